The van der Waals surface area contributed by atoms with Crippen molar-refractivity contribution >= 4 is 45.0 Å². The van der Waals surface area contributed by atoms with Crippen LogP contribution in [0, 0.1) is 6.92 Å². The second kappa shape index (κ2) is 10.3. The molecule has 208 valence electrons. The number of nitrogens with zero attached hydrogens (tertiary/aromatic N) is 3. The Hall–Kier alpha value is -3.34. The summed E-state index contributed by atoms with van der Waals surface area (Å²) in [7, 11) is -2.92. The van der Waals surface area contributed by atoms with Gasteiger partial charge in [0.15, 0.2) is 0 Å². The van der Waals surface area contributed by atoms with Crippen LogP contribution in [0.3, 0.4) is 0 Å². The first-order chi connectivity index (χ1) is 18.4. The number of hydrogen-bond acceptors (Lipinski definition) is 7. The number of fused-ring (bicyclic) bond motifs is 2. The van der Waals surface area contributed by atoms with E-state index in [0.29, 0.717) is 48.0 Å². The van der Waals surface area contributed by atoms with E-state index in [9.17, 15) is 18.7 Å². The fourth-order valence-corrected chi connectivity index (χ4v) is 6.71. The Morgan fingerprint density at radius 3 is 2.64 bits per heavy atom. The van der Waals surface area contributed by atoms with E-state index >= 15 is 0 Å². The lowest BCUT2D eigenvalue weighted by atomic mass is 10.1. The predicted octanol–water partition coefficient (Wildman–Crippen LogP) is 6.01. The molecule has 3 heterocycles. The van der Waals surface area contributed by atoms with Gasteiger partial charge in [0.1, 0.15) is 17.5 Å². The Morgan fingerprint density at radius 1 is 1.10 bits per heavy atom. The zero-order chi connectivity index (χ0) is 27.9. The fourth-order valence-electron chi connectivity index (χ4n) is 5.17. The van der Waals surface area contributed by atoms with Gasteiger partial charge < -0.3 is 15.0 Å². The minimum atomic E-state index is -2.92. The van der Waals surface area contributed by atoms with Crippen LogP contribution >= 0.6 is 10.6 Å². The summed E-state index contributed by atoms with van der Waals surface area (Å²) >= 11 is 0. The summed E-state index contributed by atoms with van der Waals surface area (Å²) in [6, 6.07) is 14.5. The second-order valence-electron chi connectivity index (χ2n) is 11.3. The number of benzene rings is 2. The number of hydrogen-bond donors (Lipinski definition) is 3. The highest BCUT2D eigenvalue weighted by Gasteiger charge is 2.37. The van der Waals surface area contributed by atoms with Crippen LogP contribution in [-0.4, -0.2) is 61.5 Å². The van der Waals surface area contributed by atoms with Gasteiger partial charge in [0.25, 0.3) is 0 Å². The van der Waals surface area contributed by atoms with Crippen LogP contribution in [0.2, 0.25) is 0 Å². The number of carbonyl (C=O) groups excluding carboxylic acids is 2. The highest BCUT2D eigenvalue weighted by molar-refractivity contribution is 8.24. The third-order valence-electron chi connectivity index (χ3n) is 7.05. The van der Waals surface area contributed by atoms with Gasteiger partial charge in [-0.15, -0.1) is 0 Å². The zero-order valence-electron chi connectivity index (χ0n) is 22.8. The number of aryl methyl sites for hydroxylation is 1. The van der Waals surface area contributed by atoms with Crippen molar-refractivity contribution in [2.24, 2.45) is 0 Å². The van der Waals surface area contributed by atoms with Gasteiger partial charge >= 0.3 is 6.09 Å². The summed E-state index contributed by atoms with van der Waals surface area (Å²) in [5.41, 5.74) is 2.53. The van der Waals surface area contributed by atoms with E-state index in [2.05, 4.69) is 5.32 Å². The molecule has 39 heavy (non-hydrogen) atoms. The highest BCUT2D eigenvalue weighted by atomic mass is 32.3. The molecule has 0 saturated carbocycles. The Kier molecular flexibility index (Phi) is 7.21. The Bertz CT molecular complexity index is 1420. The molecule has 9 nitrogen and oxygen atoms in total. The molecule has 1 atom stereocenters. The van der Waals surface area contributed by atoms with Crippen molar-refractivity contribution in [1.29, 1.82) is 0 Å². The molecule has 0 radical (unpaired) electrons. The van der Waals surface area contributed by atoms with E-state index in [0.717, 1.165) is 22.9 Å². The molecule has 3 aromatic rings. The maximum Gasteiger partial charge on any atom is 0.410 e. The first-order valence-electron chi connectivity index (χ1n) is 13.2. The van der Waals surface area contributed by atoms with Crippen LogP contribution in [0.5, 0.6) is 0 Å². The van der Waals surface area contributed by atoms with Gasteiger partial charge in [0.05, 0.1) is 21.9 Å². The van der Waals surface area contributed by atoms with Gasteiger partial charge in [0, 0.05) is 31.1 Å². The van der Waals surface area contributed by atoms with Gasteiger partial charge in [-0.25, -0.2) is 9.78 Å². The summed E-state index contributed by atoms with van der Waals surface area (Å²) in [6.45, 7) is 8.73. The van der Waals surface area contributed by atoms with E-state index in [1.807, 2.05) is 75.1 Å². The second-order valence-corrected chi connectivity index (χ2v) is 13.5. The van der Waals surface area contributed by atoms with Crippen LogP contribution in [0.4, 0.5) is 16.3 Å². The van der Waals surface area contributed by atoms with Crippen molar-refractivity contribution in [3.63, 3.8) is 0 Å². The molecule has 0 spiro atoms. The number of anilines is 2. The minimum absolute atomic E-state index is 0.187. The molecule has 1 aromatic heterocycles. The fraction of sp³-hybridized carbons (Fsp3) is 0.414. The smallest absolute Gasteiger partial charge is 0.410 e. The monoisotopic (exact) mass is 552 g/mol. The maximum absolute atomic E-state index is 13.6. The van der Waals surface area contributed by atoms with E-state index in [-0.39, 0.29) is 11.7 Å². The van der Waals surface area contributed by atoms with E-state index in [1.54, 1.807) is 6.07 Å². The molecule has 10 heteroatoms. The molecule has 2 aromatic carbocycles. The van der Waals surface area contributed by atoms with E-state index in [1.165, 1.54) is 4.90 Å². The minimum Gasteiger partial charge on any atom is -0.444 e. The average Bonchev–Trinajstić information content (AvgIpc) is 3.31. The van der Waals surface area contributed by atoms with Crippen molar-refractivity contribution in [3.05, 3.63) is 59.7 Å². The summed E-state index contributed by atoms with van der Waals surface area (Å²) in [5, 5.41) is 3.88. The molecule has 2 aliphatic rings. The third-order valence-corrected chi connectivity index (χ3v) is 8.90. The molecular formula is C29H36N4O5S. The Labute approximate surface area is 230 Å². The van der Waals surface area contributed by atoms with Crippen LogP contribution < -0.4 is 10.2 Å². The van der Waals surface area contributed by atoms with Gasteiger partial charge in [-0.1, -0.05) is 29.8 Å². The summed E-state index contributed by atoms with van der Waals surface area (Å²) in [6.07, 6.45) is 0.789. The molecular weight excluding hydrogens is 516 g/mol. The van der Waals surface area contributed by atoms with E-state index < -0.39 is 28.3 Å². The molecule has 3 N–H and O–H groups in total. The third kappa shape index (κ3) is 5.83. The molecule has 1 saturated heterocycles. The molecule has 2 aliphatic heterocycles. The maximum atomic E-state index is 13.6. The van der Waals surface area contributed by atoms with Crippen LogP contribution in [0.1, 0.15) is 44.7 Å². The standard InChI is InChI=1S/C29H36N4O5S/c1-19-11-12-22-21(16-19)23(31-27(34)24-9-7-13-33(24)28(35)38-29(2,3)4)17-26(30-22)32-14-15-39(36,37)25-10-6-5-8-20(25)18-32/h5-6,8,10-12,16-17,24,36-37H,7,9,13-15,18H2,1-4H3,(H,30,31,34). The molecule has 1 unspecified atom stereocenters. The normalized spacial score (nSPS) is 19.8. The summed E-state index contributed by atoms with van der Waals surface area (Å²) in [5.74, 6) is 0.546. The number of rotatable bonds is 3. The quantitative estimate of drug-likeness (QED) is 0.364. The molecule has 1 fully saturated rings. The van der Waals surface area contributed by atoms with Crippen molar-refractivity contribution in [1.82, 2.24) is 9.88 Å². The van der Waals surface area contributed by atoms with Crippen molar-refractivity contribution in [2.75, 3.05) is 29.1 Å². The van der Waals surface area contributed by atoms with Crippen LogP contribution in [0.25, 0.3) is 10.9 Å². The number of carbonyl (C=O) groups is 2. The Balaban J connectivity index is 1.47. The topological polar surface area (TPSA) is 115 Å². The Morgan fingerprint density at radius 2 is 1.87 bits per heavy atom. The average molecular weight is 553 g/mol. The largest absolute Gasteiger partial charge is 0.444 e. The number of amides is 2. The number of pyridine rings is 1. The SMILES string of the molecule is Cc1ccc2nc(N3CCS(O)(O)c4ccccc4C3)cc(NC(=O)C3CCCN3C(=O)OC(C)(C)C)c2c1. The lowest BCUT2D eigenvalue weighted by molar-refractivity contribution is -0.120. The lowest BCUT2D eigenvalue weighted by Gasteiger charge is -2.32. The van der Waals surface area contributed by atoms with Gasteiger partial charge in [-0.05, 0) is 64.3 Å². The molecule has 0 bridgehead atoms. The van der Waals surface area contributed by atoms with E-state index in [4.69, 9.17) is 9.72 Å². The number of aromatic nitrogens is 1. The summed E-state index contributed by atoms with van der Waals surface area (Å²) < 4.78 is 27.1. The zero-order valence-corrected chi connectivity index (χ0v) is 23.6. The van der Waals surface area contributed by atoms with Crippen LogP contribution in [0.15, 0.2) is 53.4 Å². The van der Waals surface area contributed by atoms with Crippen LogP contribution in [-0.2, 0) is 16.1 Å². The van der Waals surface area contributed by atoms with Gasteiger partial charge in [-0.2, -0.15) is 10.6 Å². The molecule has 0 aliphatic carbocycles. The number of likely N-dealkylation sites (tertiary alicyclic amines) is 1. The lowest BCUT2D eigenvalue weighted by Crippen LogP contribution is -2.45. The van der Waals surface area contributed by atoms with Gasteiger partial charge in [-0.3, -0.25) is 18.8 Å². The van der Waals surface area contributed by atoms with Crippen molar-refractivity contribution in [2.45, 2.75) is 63.6 Å². The first-order valence-corrected chi connectivity index (χ1v) is 14.9. The summed E-state index contributed by atoms with van der Waals surface area (Å²) in [4.78, 5) is 35.3. The predicted molar refractivity (Wildman–Crippen MR) is 155 cm³/mol. The molecule has 5 rings (SSSR count). The van der Waals surface area contributed by atoms with Crippen molar-refractivity contribution in [3.8, 4) is 0 Å². The molecule has 2 amide bonds. The first kappa shape index (κ1) is 27.2. The number of nitrogens with one attached hydrogen (secondary N) is 1. The van der Waals surface area contributed by atoms with Gasteiger partial charge in [0.2, 0.25) is 5.91 Å². The highest BCUT2D eigenvalue weighted by Crippen LogP contribution is 2.51. The number of ether oxygens (including phenoxy) is 1. The van der Waals surface area contributed by atoms with Crippen molar-refractivity contribution < 1.29 is 23.4 Å².